The molecule has 1 aliphatic rings. The molecule has 8 heteroatoms. The summed E-state index contributed by atoms with van der Waals surface area (Å²) < 4.78 is 90.4. The molecule has 145 valence electrons. The van der Waals surface area contributed by atoms with Gasteiger partial charge < -0.3 is 4.43 Å². The quantitative estimate of drug-likeness (QED) is 0.293. The van der Waals surface area contributed by atoms with Gasteiger partial charge in [-0.3, -0.25) is 0 Å². The van der Waals surface area contributed by atoms with Gasteiger partial charge in [0.15, 0.2) is 29.0 Å². The number of hydrogen-bond donors (Lipinski definition) is 0. The molecule has 0 saturated heterocycles. The zero-order chi connectivity index (χ0) is 20.1. The second-order valence-electron chi connectivity index (χ2n) is 7.38. The molecule has 0 amide bonds. The van der Waals surface area contributed by atoms with Gasteiger partial charge in [0.1, 0.15) is 0 Å². The average Bonchev–Trinajstić information content (AvgIpc) is 2.76. The Morgan fingerprint density at radius 1 is 0.615 bits per heavy atom. The fourth-order valence-electron chi connectivity index (χ4n) is 3.99. The van der Waals surface area contributed by atoms with E-state index < -0.39 is 60.5 Å². The van der Waals surface area contributed by atoms with Crippen molar-refractivity contribution in [2.75, 3.05) is 0 Å². The molecule has 1 nitrogen and oxygen atoms in total. The summed E-state index contributed by atoms with van der Waals surface area (Å²) in [6, 6.07) is 0. The molecule has 0 spiro atoms. The van der Waals surface area contributed by atoms with E-state index in [1.54, 1.807) is 0 Å². The maximum absolute atomic E-state index is 14.8. The van der Waals surface area contributed by atoms with Crippen molar-refractivity contribution in [3.63, 3.8) is 0 Å². The minimum absolute atomic E-state index is 0.113. The van der Waals surface area contributed by atoms with Crippen LogP contribution < -0.4 is 4.43 Å². The first kappa shape index (κ1) is 20.9. The Hall–Kier alpha value is -1.44. The maximum atomic E-state index is 14.8. The third kappa shape index (κ3) is 2.77. The first-order chi connectivity index (χ1) is 11.9. The van der Waals surface area contributed by atoms with Crippen LogP contribution in [0.5, 0.6) is 5.75 Å². The van der Waals surface area contributed by atoms with Gasteiger partial charge in [-0.1, -0.05) is 41.5 Å². The molecule has 0 heterocycles. The largest absolute Gasteiger partial charge is 0.539 e. The molecule has 1 radical (unpaired) electrons. The monoisotopic (exact) mass is 395 g/mol. The summed E-state index contributed by atoms with van der Waals surface area (Å²) in [5.41, 5.74) is -2.99. The van der Waals surface area contributed by atoms with Gasteiger partial charge >= 0.3 is 0 Å². The standard InChI is InChI=1S/C18H21F6OSi/c1-7(2)26(8(3)4,9(5)6)25-18-15(22)11-10(14(21)17(18)24)12(19)16(23)13(11)20/h7-9H,1-6H3. The summed E-state index contributed by atoms with van der Waals surface area (Å²) in [7, 11) is -2.92. The van der Waals surface area contributed by atoms with Gasteiger partial charge in [-0.2, -0.15) is 4.39 Å². The van der Waals surface area contributed by atoms with Gasteiger partial charge in [0.2, 0.25) is 12.0 Å². The Kier molecular flexibility index (Phi) is 5.57. The van der Waals surface area contributed by atoms with Crippen LogP contribution >= 0.6 is 0 Å². The van der Waals surface area contributed by atoms with Gasteiger partial charge in [-0.25, -0.2) is 22.0 Å². The summed E-state index contributed by atoms with van der Waals surface area (Å²) >= 11 is 0. The van der Waals surface area contributed by atoms with E-state index in [0.717, 1.165) is 0 Å². The van der Waals surface area contributed by atoms with E-state index in [4.69, 9.17) is 4.43 Å². The van der Waals surface area contributed by atoms with Gasteiger partial charge in [0, 0.05) is 0 Å². The summed E-state index contributed by atoms with van der Waals surface area (Å²) in [5.74, 6) is -10.3. The number of halogens is 6. The van der Waals surface area contributed by atoms with E-state index in [2.05, 4.69) is 0 Å². The third-order valence-corrected chi connectivity index (χ3v) is 11.1. The van der Waals surface area contributed by atoms with Crippen molar-refractivity contribution >= 4 is 14.1 Å². The van der Waals surface area contributed by atoms with Crippen LogP contribution in [-0.4, -0.2) is 8.32 Å². The Labute approximate surface area is 150 Å². The highest BCUT2D eigenvalue weighted by atomic mass is 28.4. The normalized spacial score (nSPS) is 15.7. The summed E-state index contributed by atoms with van der Waals surface area (Å²) in [4.78, 5) is 0. The highest BCUT2D eigenvalue weighted by Crippen LogP contribution is 2.51. The Bertz CT molecular complexity index is 735. The highest BCUT2D eigenvalue weighted by Gasteiger charge is 2.50. The second kappa shape index (κ2) is 6.94. The smallest absolute Gasteiger partial charge is 0.259 e. The molecule has 1 aliphatic carbocycles. The fraction of sp³-hybridized carbons (Fsp3) is 0.500. The molecule has 0 atom stereocenters. The molecule has 2 rings (SSSR count). The van der Waals surface area contributed by atoms with Crippen molar-refractivity contribution in [1.82, 2.24) is 0 Å². The number of allylic oxidation sites excluding steroid dienone is 1. The predicted molar refractivity (Wildman–Crippen MR) is 90.6 cm³/mol. The molecule has 1 aromatic rings. The Morgan fingerprint density at radius 2 is 1.08 bits per heavy atom. The molecule has 0 unspecified atom stereocenters. The van der Waals surface area contributed by atoms with Crippen molar-refractivity contribution in [2.45, 2.75) is 58.2 Å². The summed E-state index contributed by atoms with van der Waals surface area (Å²) in [6.45, 7) is 11.0. The van der Waals surface area contributed by atoms with Gasteiger partial charge in [0.25, 0.3) is 8.32 Å². The van der Waals surface area contributed by atoms with E-state index >= 15 is 0 Å². The topological polar surface area (TPSA) is 9.23 Å². The first-order valence-corrected chi connectivity index (χ1v) is 10.5. The van der Waals surface area contributed by atoms with Gasteiger partial charge in [-0.05, 0) is 16.6 Å². The van der Waals surface area contributed by atoms with Crippen molar-refractivity contribution in [2.24, 2.45) is 0 Å². The lowest BCUT2D eigenvalue weighted by Gasteiger charge is -2.42. The van der Waals surface area contributed by atoms with Crippen LogP contribution in [0.3, 0.4) is 0 Å². The Morgan fingerprint density at radius 3 is 1.50 bits per heavy atom. The fourth-order valence-corrected chi connectivity index (χ4v) is 9.23. The van der Waals surface area contributed by atoms with Gasteiger partial charge in [0.05, 0.1) is 11.1 Å². The third-order valence-electron chi connectivity index (χ3n) is 5.09. The lowest BCUT2D eigenvalue weighted by molar-refractivity contribution is 0.386. The van der Waals surface area contributed by atoms with Crippen LogP contribution in [0, 0.1) is 23.6 Å². The zero-order valence-corrected chi connectivity index (χ0v) is 16.4. The molecule has 26 heavy (non-hydrogen) atoms. The first-order valence-electron chi connectivity index (χ1n) is 8.37. The predicted octanol–water partition coefficient (Wildman–Crippen LogP) is 7.13. The van der Waals surface area contributed by atoms with E-state index in [0.29, 0.717) is 0 Å². The van der Waals surface area contributed by atoms with Crippen LogP contribution in [-0.2, 0) is 0 Å². The molecule has 1 aromatic carbocycles. The van der Waals surface area contributed by atoms with Crippen molar-refractivity contribution < 1.29 is 30.8 Å². The molecule has 0 N–H and O–H groups in total. The summed E-state index contributed by atoms with van der Waals surface area (Å²) in [6.07, 6.45) is -1.96. The van der Waals surface area contributed by atoms with Crippen LogP contribution in [0.15, 0.2) is 5.83 Å². The van der Waals surface area contributed by atoms with Crippen molar-refractivity contribution in [3.05, 3.63) is 40.6 Å². The number of rotatable bonds is 5. The second-order valence-corrected chi connectivity index (χ2v) is 12.8. The van der Waals surface area contributed by atoms with Crippen LogP contribution in [0.2, 0.25) is 16.6 Å². The molecular weight excluding hydrogens is 374 g/mol. The SMILES string of the molecule is CC(C)[Si](Oc1c(F)c(F)c2c(c1F)C(F)=C(F)[C]2F)(C(C)C)C(C)C. The van der Waals surface area contributed by atoms with E-state index in [-0.39, 0.29) is 16.6 Å². The van der Waals surface area contributed by atoms with Gasteiger partial charge in [-0.15, -0.1) is 0 Å². The average molecular weight is 395 g/mol. The van der Waals surface area contributed by atoms with E-state index in [1.165, 1.54) is 0 Å². The van der Waals surface area contributed by atoms with Crippen LogP contribution in [0.25, 0.3) is 5.83 Å². The molecular formula is C18H21F6OSi. The number of fused-ring (bicyclic) bond motifs is 1. The molecule has 0 fully saturated rings. The summed E-state index contributed by atoms with van der Waals surface area (Å²) in [5, 5.41) is 0. The van der Waals surface area contributed by atoms with E-state index in [9.17, 15) is 26.3 Å². The zero-order valence-electron chi connectivity index (χ0n) is 15.4. The number of hydrogen-bond acceptors (Lipinski definition) is 1. The lowest BCUT2D eigenvalue weighted by atomic mass is 10.1. The van der Waals surface area contributed by atoms with Crippen LogP contribution in [0.4, 0.5) is 26.3 Å². The minimum Gasteiger partial charge on any atom is -0.539 e. The number of benzene rings is 1. The highest BCUT2D eigenvalue weighted by molar-refractivity contribution is 6.78. The molecule has 0 bridgehead atoms. The van der Waals surface area contributed by atoms with Crippen molar-refractivity contribution in [1.29, 1.82) is 0 Å². The Balaban J connectivity index is 2.75. The molecule has 0 aliphatic heterocycles. The molecule has 0 saturated carbocycles. The van der Waals surface area contributed by atoms with E-state index in [1.807, 2.05) is 41.5 Å². The maximum Gasteiger partial charge on any atom is 0.259 e. The molecule has 0 aromatic heterocycles. The van der Waals surface area contributed by atoms with Crippen LogP contribution in [0.1, 0.15) is 52.7 Å². The minimum atomic E-state index is -2.92. The lowest BCUT2D eigenvalue weighted by Crippen LogP contribution is -2.51. The van der Waals surface area contributed by atoms with Crippen molar-refractivity contribution in [3.8, 4) is 5.75 Å².